The summed E-state index contributed by atoms with van der Waals surface area (Å²) in [4.78, 5) is 24.2. The summed E-state index contributed by atoms with van der Waals surface area (Å²) in [6.07, 6.45) is 7.51. The summed E-state index contributed by atoms with van der Waals surface area (Å²) >= 11 is 0. The van der Waals surface area contributed by atoms with Crippen LogP contribution in [0.5, 0.6) is 0 Å². The molecule has 5 aliphatic rings. The lowest BCUT2D eigenvalue weighted by atomic mass is 9.43. The Labute approximate surface area is 174 Å². The fraction of sp³-hybridized carbons (Fsp3) is 0.900. The number of ether oxygens (including phenoxy) is 2. The molecule has 2 unspecified atom stereocenters. The van der Waals surface area contributed by atoms with Gasteiger partial charge in [-0.05, 0) is 74.5 Å². The lowest BCUT2D eigenvalue weighted by Crippen LogP contribution is -2.55. The summed E-state index contributed by atoms with van der Waals surface area (Å²) in [5, 5.41) is -4.98. The largest absolute Gasteiger partial charge is 0.465 e. The Bertz CT molecular complexity index is 807. The van der Waals surface area contributed by atoms with Crippen molar-refractivity contribution in [1.82, 2.24) is 0 Å². The van der Waals surface area contributed by atoms with Crippen molar-refractivity contribution in [3.8, 4) is 0 Å². The van der Waals surface area contributed by atoms with Gasteiger partial charge in [0.1, 0.15) is 6.61 Å². The van der Waals surface area contributed by atoms with Crippen LogP contribution in [0.3, 0.4) is 0 Å². The van der Waals surface area contributed by atoms with Gasteiger partial charge in [-0.1, -0.05) is 0 Å². The standard InChI is InChI=1S/C20H28F2O7S/c21-20(22,30(25,26)27)17(24)29-12-19-6-14-3-15(7-19)5-18(4-14,11-19)8-16(23)10-28-9-13-1-2-13/h13-15H,1-12H2,(H,25,26,27). The Kier molecular flexibility index (Phi) is 5.50. The highest BCUT2D eigenvalue weighted by Crippen LogP contribution is 2.66. The number of esters is 1. The van der Waals surface area contributed by atoms with Gasteiger partial charge < -0.3 is 9.47 Å². The Balaban J connectivity index is 1.39. The maximum atomic E-state index is 13.5. The van der Waals surface area contributed by atoms with Crippen molar-refractivity contribution in [2.45, 2.75) is 63.0 Å². The highest BCUT2D eigenvalue weighted by atomic mass is 32.2. The van der Waals surface area contributed by atoms with E-state index < -0.39 is 26.8 Å². The molecule has 2 atom stereocenters. The predicted octanol–water partition coefficient (Wildman–Crippen LogP) is 2.98. The molecule has 0 aromatic heterocycles. The van der Waals surface area contributed by atoms with Gasteiger partial charge in [0.25, 0.3) is 0 Å². The first-order chi connectivity index (χ1) is 13.9. The number of carbonyl (C=O) groups excluding carboxylic acids is 2. The van der Waals surface area contributed by atoms with Gasteiger partial charge in [0, 0.05) is 18.4 Å². The van der Waals surface area contributed by atoms with Crippen LogP contribution in [-0.2, 0) is 29.2 Å². The van der Waals surface area contributed by atoms with Crippen molar-refractivity contribution >= 4 is 21.9 Å². The minimum atomic E-state index is -5.88. The van der Waals surface area contributed by atoms with Crippen LogP contribution in [0.2, 0.25) is 0 Å². The molecule has 5 saturated carbocycles. The van der Waals surface area contributed by atoms with Gasteiger partial charge in [0.15, 0.2) is 5.78 Å². The first-order valence-electron chi connectivity index (χ1n) is 10.5. The summed E-state index contributed by atoms with van der Waals surface area (Å²) in [5.74, 6) is -0.947. The first kappa shape index (κ1) is 22.1. The Morgan fingerprint density at radius 3 is 2.23 bits per heavy atom. The Morgan fingerprint density at radius 1 is 1.07 bits per heavy atom. The number of hydrogen-bond acceptors (Lipinski definition) is 6. The number of halogens is 2. The molecule has 0 aromatic carbocycles. The molecule has 10 heteroatoms. The Hall–Kier alpha value is -1.13. The third kappa shape index (κ3) is 4.41. The molecule has 30 heavy (non-hydrogen) atoms. The van der Waals surface area contributed by atoms with Gasteiger partial charge in [-0.3, -0.25) is 9.35 Å². The third-order valence-electron chi connectivity index (χ3n) is 7.26. The van der Waals surface area contributed by atoms with E-state index in [1.165, 1.54) is 0 Å². The molecule has 5 aliphatic carbocycles. The number of rotatable bonds is 10. The number of carbonyl (C=O) groups is 2. The maximum Gasteiger partial charge on any atom is 0.465 e. The molecule has 0 radical (unpaired) electrons. The zero-order valence-corrected chi connectivity index (χ0v) is 17.6. The molecule has 4 bridgehead atoms. The topological polar surface area (TPSA) is 107 Å². The number of ketones is 1. The molecule has 0 aromatic rings. The highest BCUT2D eigenvalue weighted by molar-refractivity contribution is 7.87. The predicted molar refractivity (Wildman–Crippen MR) is 100 cm³/mol. The number of hydrogen-bond donors (Lipinski definition) is 1. The fourth-order valence-corrected chi connectivity index (χ4v) is 6.80. The van der Waals surface area contributed by atoms with E-state index in [1.54, 1.807) is 0 Å². The second kappa shape index (κ2) is 7.48. The van der Waals surface area contributed by atoms with Crippen molar-refractivity contribution in [2.75, 3.05) is 19.8 Å². The van der Waals surface area contributed by atoms with Crippen molar-refractivity contribution in [2.24, 2.45) is 28.6 Å². The molecule has 0 spiro atoms. The summed E-state index contributed by atoms with van der Waals surface area (Å²) in [5.41, 5.74) is -0.758. The van der Waals surface area contributed by atoms with Crippen LogP contribution >= 0.6 is 0 Å². The summed E-state index contributed by atoms with van der Waals surface area (Å²) in [6.45, 7) is 0.389. The minimum absolute atomic E-state index is 0.0441. The Morgan fingerprint density at radius 2 is 1.67 bits per heavy atom. The third-order valence-corrected chi connectivity index (χ3v) is 8.07. The number of Topliss-reactive ketones (excluding diaryl/α,β-unsaturated/α-hetero) is 1. The van der Waals surface area contributed by atoms with Crippen LogP contribution in [0.1, 0.15) is 57.8 Å². The van der Waals surface area contributed by atoms with Gasteiger partial charge in [-0.2, -0.15) is 17.2 Å². The average molecular weight is 451 g/mol. The molecular formula is C20H28F2O7S. The second-order valence-electron chi connectivity index (χ2n) is 10.2. The molecule has 0 amide bonds. The summed E-state index contributed by atoms with van der Waals surface area (Å²) < 4.78 is 67.5. The maximum absolute atomic E-state index is 13.5. The molecule has 0 saturated heterocycles. The van der Waals surface area contributed by atoms with Gasteiger partial charge in [-0.15, -0.1) is 0 Å². The minimum Gasteiger partial charge on any atom is -0.460 e. The zero-order valence-electron chi connectivity index (χ0n) is 16.8. The molecule has 0 heterocycles. The van der Waals surface area contributed by atoms with E-state index in [-0.39, 0.29) is 24.4 Å². The average Bonchev–Trinajstić information content (AvgIpc) is 3.41. The molecule has 170 valence electrons. The second-order valence-corrected chi connectivity index (χ2v) is 11.7. The van der Waals surface area contributed by atoms with Crippen LogP contribution in [0.4, 0.5) is 8.78 Å². The number of alkyl halides is 2. The zero-order chi connectivity index (χ0) is 21.8. The van der Waals surface area contributed by atoms with Gasteiger partial charge in [0.05, 0.1) is 6.61 Å². The van der Waals surface area contributed by atoms with Gasteiger partial charge in [-0.25, -0.2) is 4.79 Å². The van der Waals surface area contributed by atoms with Crippen molar-refractivity contribution in [3.63, 3.8) is 0 Å². The first-order valence-corrected chi connectivity index (χ1v) is 12.0. The van der Waals surface area contributed by atoms with E-state index in [0.29, 0.717) is 50.0 Å². The lowest BCUT2D eigenvalue weighted by Gasteiger charge is -2.62. The lowest BCUT2D eigenvalue weighted by molar-refractivity contribution is -0.180. The molecule has 0 aliphatic heterocycles. The van der Waals surface area contributed by atoms with Crippen LogP contribution in [0, 0.1) is 28.6 Å². The normalized spacial score (nSPS) is 35.4. The highest BCUT2D eigenvalue weighted by Gasteiger charge is 2.60. The van der Waals surface area contributed by atoms with Crippen molar-refractivity contribution < 1.29 is 40.8 Å². The van der Waals surface area contributed by atoms with Crippen LogP contribution in [0.15, 0.2) is 0 Å². The van der Waals surface area contributed by atoms with E-state index in [2.05, 4.69) is 0 Å². The van der Waals surface area contributed by atoms with E-state index >= 15 is 0 Å². The summed E-state index contributed by atoms with van der Waals surface area (Å²) in [6, 6.07) is 0. The fourth-order valence-electron chi connectivity index (χ4n) is 6.53. The molecule has 5 fully saturated rings. The van der Waals surface area contributed by atoms with E-state index in [0.717, 1.165) is 32.1 Å². The van der Waals surface area contributed by atoms with Crippen molar-refractivity contribution in [3.05, 3.63) is 0 Å². The van der Waals surface area contributed by atoms with E-state index in [1.807, 2.05) is 0 Å². The smallest absolute Gasteiger partial charge is 0.460 e. The van der Waals surface area contributed by atoms with Crippen LogP contribution in [0.25, 0.3) is 0 Å². The van der Waals surface area contributed by atoms with Crippen LogP contribution < -0.4 is 0 Å². The molecule has 5 rings (SSSR count). The molecule has 7 nitrogen and oxygen atoms in total. The van der Waals surface area contributed by atoms with Gasteiger partial charge in [0.2, 0.25) is 0 Å². The molecule has 1 N–H and O–H groups in total. The quantitative estimate of drug-likeness (QED) is 0.403. The monoisotopic (exact) mass is 450 g/mol. The molecular weight excluding hydrogens is 422 g/mol. The SMILES string of the molecule is O=C(COCC1CC1)CC12CC3CC(CC(COC(=O)C(F)(F)S(=O)(=O)O)(C3)C1)C2. The van der Waals surface area contributed by atoms with Crippen molar-refractivity contribution in [1.29, 1.82) is 0 Å². The summed E-state index contributed by atoms with van der Waals surface area (Å²) in [7, 11) is -5.88. The van der Waals surface area contributed by atoms with Crippen LogP contribution in [-0.4, -0.2) is 49.8 Å². The van der Waals surface area contributed by atoms with Gasteiger partial charge >= 0.3 is 21.3 Å². The van der Waals surface area contributed by atoms with E-state index in [4.69, 9.17) is 14.0 Å². The van der Waals surface area contributed by atoms with E-state index in [9.17, 15) is 26.8 Å².